The van der Waals surface area contributed by atoms with E-state index >= 15 is 0 Å². The number of hydrogen-bond acceptors (Lipinski definition) is 5. The van der Waals surface area contributed by atoms with E-state index in [0.717, 1.165) is 22.3 Å². The van der Waals surface area contributed by atoms with Crippen LogP contribution in [-0.4, -0.2) is 34.4 Å². The Balaban J connectivity index is 1.47. The molecule has 0 aliphatic heterocycles. The number of carbonyl (C=O) groups is 1. The molecule has 7 heteroatoms. The van der Waals surface area contributed by atoms with Gasteiger partial charge in [-0.15, -0.1) is 0 Å². The van der Waals surface area contributed by atoms with E-state index in [1.807, 2.05) is 48.5 Å². The minimum absolute atomic E-state index is 0.191. The van der Waals surface area contributed by atoms with Crippen LogP contribution < -0.4 is 10.2 Å². The van der Waals surface area contributed by atoms with Crippen molar-refractivity contribution in [1.29, 1.82) is 0 Å². The fourth-order valence-corrected chi connectivity index (χ4v) is 2.97. The quantitative estimate of drug-likeness (QED) is 0.352. The van der Waals surface area contributed by atoms with Crippen molar-refractivity contribution in [1.82, 2.24) is 15.4 Å². The van der Waals surface area contributed by atoms with Crippen LogP contribution in [0, 0.1) is 5.92 Å². The van der Waals surface area contributed by atoms with Crippen LogP contribution in [0.15, 0.2) is 58.8 Å². The predicted molar refractivity (Wildman–Crippen MR) is 109 cm³/mol. The van der Waals surface area contributed by atoms with Gasteiger partial charge in [-0.25, -0.2) is 10.4 Å². The second-order valence-corrected chi connectivity index (χ2v) is 7.38. The van der Waals surface area contributed by atoms with Crippen molar-refractivity contribution in [3.8, 4) is 5.75 Å². The van der Waals surface area contributed by atoms with Gasteiger partial charge in [-0.2, -0.15) is 5.10 Å². The van der Waals surface area contributed by atoms with Crippen molar-refractivity contribution in [3.63, 3.8) is 0 Å². The molecule has 3 rings (SSSR count). The third kappa shape index (κ3) is 5.86. The number of benzene rings is 2. The first-order valence-electron chi connectivity index (χ1n) is 8.72. The smallest absolute Gasteiger partial charge is 0.250 e. The Morgan fingerprint density at radius 3 is 2.96 bits per heavy atom. The lowest BCUT2D eigenvalue weighted by atomic mass is 10.2. The summed E-state index contributed by atoms with van der Waals surface area (Å²) >= 11 is 1.34. The number of H-pyrrole nitrogens is 1. The second-order valence-electron chi connectivity index (χ2n) is 6.42. The average Bonchev–Trinajstić information content (AvgIpc) is 3.08. The Morgan fingerprint density at radius 1 is 1.30 bits per heavy atom. The molecule has 0 saturated carbocycles. The van der Waals surface area contributed by atoms with Gasteiger partial charge in [0.1, 0.15) is 5.75 Å². The van der Waals surface area contributed by atoms with Crippen molar-refractivity contribution < 1.29 is 9.53 Å². The highest BCUT2D eigenvalue weighted by molar-refractivity contribution is 7.99. The number of para-hydroxylation sites is 2. The summed E-state index contributed by atoms with van der Waals surface area (Å²) < 4.78 is 5.69. The number of amides is 1. The van der Waals surface area contributed by atoms with Gasteiger partial charge in [-0.1, -0.05) is 49.9 Å². The van der Waals surface area contributed by atoms with E-state index in [-0.39, 0.29) is 11.7 Å². The SMILES string of the molecule is CC(C)COc1cccc(/C=N\NC(=O)CSc2nc3ccccc3[nH]2)c1. The van der Waals surface area contributed by atoms with Gasteiger partial charge in [0, 0.05) is 0 Å². The van der Waals surface area contributed by atoms with Crippen molar-refractivity contribution in [3.05, 3.63) is 54.1 Å². The molecule has 0 saturated heterocycles. The maximum atomic E-state index is 12.0. The van der Waals surface area contributed by atoms with Crippen molar-refractivity contribution in [2.45, 2.75) is 19.0 Å². The molecule has 6 nitrogen and oxygen atoms in total. The number of rotatable bonds is 8. The molecule has 0 unspecified atom stereocenters. The van der Waals surface area contributed by atoms with Crippen LogP contribution in [0.25, 0.3) is 11.0 Å². The van der Waals surface area contributed by atoms with Crippen LogP contribution in [0.1, 0.15) is 19.4 Å². The van der Waals surface area contributed by atoms with Gasteiger partial charge >= 0.3 is 0 Å². The Labute approximate surface area is 162 Å². The zero-order chi connectivity index (χ0) is 19.1. The molecule has 0 spiro atoms. The minimum atomic E-state index is -0.191. The summed E-state index contributed by atoms with van der Waals surface area (Å²) in [5.74, 6) is 1.29. The number of fused-ring (bicyclic) bond motifs is 1. The molecule has 140 valence electrons. The number of thioether (sulfide) groups is 1. The van der Waals surface area contributed by atoms with E-state index in [1.54, 1.807) is 6.21 Å². The number of hydrazone groups is 1. The highest BCUT2D eigenvalue weighted by Crippen LogP contribution is 2.18. The van der Waals surface area contributed by atoms with E-state index < -0.39 is 0 Å². The molecule has 2 aromatic carbocycles. The van der Waals surface area contributed by atoms with Gasteiger partial charge in [-0.3, -0.25) is 4.79 Å². The third-order valence-corrected chi connectivity index (χ3v) is 4.43. The van der Waals surface area contributed by atoms with Gasteiger partial charge in [0.2, 0.25) is 0 Å². The highest BCUT2D eigenvalue weighted by atomic mass is 32.2. The monoisotopic (exact) mass is 382 g/mol. The molecule has 0 radical (unpaired) electrons. The van der Waals surface area contributed by atoms with Gasteiger partial charge < -0.3 is 9.72 Å². The van der Waals surface area contributed by atoms with Gasteiger partial charge in [-0.05, 0) is 35.7 Å². The van der Waals surface area contributed by atoms with Crippen LogP contribution >= 0.6 is 11.8 Å². The summed E-state index contributed by atoms with van der Waals surface area (Å²) in [6.45, 7) is 4.87. The Kier molecular flexibility index (Phi) is 6.49. The summed E-state index contributed by atoms with van der Waals surface area (Å²) in [4.78, 5) is 19.6. The first kappa shape index (κ1) is 19.0. The van der Waals surface area contributed by atoms with Crippen LogP contribution in [-0.2, 0) is 4.79 Å². The lowest BCUT2D eigenvalue weighted by Gasteiger charge is -2.08. The zero-order valence-electron chi connectivity index (χ0n) is 15.3. The summed E-state index contributed by atoms with van der Waals surface area (Å²) in [5.41, 5.74) is 5.24. The number of hydrogen-bond donors (Lipinski definition) is 2. The standard InChI is InChI=1S/C20H22N4O2S/c1-14(2)12-26-16-7-5-6-15(10-16)11-21-24-19(25)13-27-20-22-17-8-3-4-9-18(17)23-20/h3-11,14H,12-13H2,1-2H3,(H,22,23)(H,24,25)/b21-11-. The topological polar surface area (TPSA) is 79.4 Å². The van der Waals surface area contributed by atoms with Crippen molar-refractivity contribution in [2.24, 2.45) is 11.0 Å². The number of aromatic amines is 1. The molecule has 0 aliphatic carbocycles. The molecule has 0 bridgehead atoms. The largest absolute Gasteiger partial charge is 0.493 e. The van der Waals surface area contributed by atoms with E-state index in [2.05, 4.69) is 34.3 Å². The molecular formula is C20H22N4O2S. The first-order valence-corrected chi connectivity index (χ1v) is 9.71. The average molecular weight is 382 g/mol. The Morgan fingerprint density at radius 2 is 2.15 bits per heavy atom. The Bertz CT molecular complexity index is 903. The van der Waals surface area contributed by atoms with Gasteiger partial charge in [0.25, 0.3) is 5.91 Å². The van der Waals surface area contributed by atoms with Crippen LogP contribution in [0.3, 0.4) is 0 Å². The predicted octanol–water partition coefficient (Wildman–Crippen LogP) is 3.84. The van der Waals surface area contributed by atoms with Crippen molar-refractivity contribution in [2.75, 3.05) is 12.4 Å². The molecule has 1 aromatic heterocycles. The number of nitrogens with zero attached hydrogens (tertiary/aromatic N) is 2. The van der Waals surface area contributed by atoms with Gasteiger partial charge in [0.15, 0.2) is 5.16 Å². The van der Waals surface area contributed by atoms with Crippen LogP contribution in [0.5, 0.6) is 5.75 Å². The highest BCUT2D eigenvalue weighted by Gasteiger charge is 2.06. The molecule has 3 aromatic rings. The summed E-state index contributed by atoms with van der Waals surface area (Å²) in [6.07, 6.45) is 1.60. The number of carbonyl (C=O) groups excluding carboxylic acids is 1. The number of aromatic nitrogens is 2. The molecular weight excluding hydrogens is 360 g/mol. The minimum Gasteiger partial charge on any atom is -0.493 e. The van der Waals surface area contributed by atoms with E-state index in [4.69, 9.17) is 4.74 Å². The first-order chi connectivity index (χ1) is 13.1. The third-order valence-electron chi connectivity index (χ3n) is 3.55. The second kappa shape index (κ2) is 9.23. The van der Waals surface area contributed by atoms with Crippen molar-refractivity contribution >= 4 is 34.9 Å². The zero-order valence-corrected chi connectivity index (χ0v) is 16.1. The lowest BCUT2D eigenvalue weighted by Crippen LogP contribution is -2.19. The summed E-state index contributed by atoms with van der Waals surface area (Å²) in [5, 5.41) is 4.72. The van der Waals surface area contributed by atoms with E-state index in [1.165, 1.54) is 11.8 Å². The summed E-state index contributed by atoms with van der Waals surface area (Å²) in [6, 6.07) is 15.4. The molecule has 2 N–H and O–H groups in total. The maximum absolute atomic E-state index is 12.0. The molecule has 0 fully saturated rings. The molecule has 1 amide bonds. The lowest BCUT2D eigenvalue weighted by molar-refractivity contribution is -0.118. The fraction of sp³-hybridized carbons (Fsp3) is 0.250. The molecule has 1 heterocycles. The van der Waals surface area contributed by atoms with E-state index in [9.17, 15) is 4.79 Å². The molecule has 0 atom stereocenters. The van der Waals surface area contributed by atoms with Gasteiger partial charge in [0.05, 0.1) is 29.6 Å². The maximum Gasteiger partial charge on any atom is 0.250 e. The molecule has 0 aliphatic rings. The fourth-order valence-electron chi connectivity index (χ4n) is 2.29. The Hall–Kier alpha value is -2.80. The number of ether oxygens (including phenoxy) is 1. The van der Waals surface area contributed by atoms with Crippen LogP contribution in [0.4, 0.5) is 0 Å². The summed E-state index contributed by atoms with van der Waals surface area (Å²) in [7, 11) is 0. The normalized spacial score (nSPS) is 11.4. The molecule has 27 heavy (non-hydrogen) atoms. The van der Waals surface area contributed by atoms with E-state index in [0.29, 0.717) is 17.7 Å². The number of nitrogens with one attached hydrogen (secondary N) is 2. The van der Waals surface area contributed by atoms with Crippen LogP contribution in [0.2, 0.25) is 0 Å². The number of imidazole rings is 1.